The number of thioether (sulfide) groups is 1. The van der Waals surface area contributed by atoms with E-state index in [1.165, 1.54) is 41.3 Å². The van der Waals surface area contributed by atoms with Crippen LogP contribution in [0.4, 0.5) is 4.39 Å². The van der Waals surface area contributed by atoms with E-state index < -0.39 is 0 Å². The lowest BCUT2D eigenvalue weighted by molar-refractivity contribution is 0.194. The van der Waals surface area contributed by atoms with Crippen LogP contribution in [0.2, 0.25) is 0 Å². The number of unbranched alkanes of at least 4 members (excludes halogenated alkanes) is 1. The van der Waals surface area contributed by atoms with E-state index >= 15 is 0 Å². The number of likely N-dealkylation sites (tertiary alicyclic amines) is 1. The highest BCUT2D eigenvalue weighted by Gasteiger charge is 2.21. The van der Waals surface area contributed by atoms with Crippen LogP contribution in [-0.2, 0) is 6.42 Å². The van der Waals surface area contributed by atoms with Gasteiger partial charge in [-0.15, -0.1) is 0 Å². The number of benzene rings is 2. The molecule has 0 unspecified atom stereocenters. The van der Waals surface area contributed by atoms with Crippen LogP contribution < -0.4 is 15.4 Å². The Bertz CT molecular complexity index is 893. The molecule has 2 heterocycles. The van der Waals surface area contributed by atoms with Crippen molar-refractivity contribution in [1.82, 2.24) is 15.5 Å². The molecule has 4 nitrogen and oxygen atoms in total. The SMILES string of the molecule is Fc1ccc(OCCCCN2CCC(NC3=C(Cc4ccccc4)NC=CS3)CC2)cc1. The van der Waals surface area contributed by atoms with Crippen molar-refractivity contribution in [3.05, 3.63) is 88.3 Å². The van der Waals surface area contributed by atoms with Crippen molar-refractivity contribution in [3.63, 3.8) is 0 Å². The zero-order valence-electron chi connectivity index (χ0n) is 18.4. The number of allylic oxidation sites excluding steroid dienone is 1. The summed E-state index contributed by atoms with van der Waals surface area (Å²) in [4.78, 5) is 2.56. The van der Waals surface area contributed by atoms with Gasteiger partial charge in [-0.1, -0.05) is 42.1 Å². The van der Waals surface area contributed by atoms with E-state index in [1.54, 1.807) is 23.9 Å². The second kappa shape index (κ2) is 12.0. The molecule has 0 atom stereocenters. The lowest BCUT2D eigenvalue weighted by Gasteiger charge is -2.34. The first-order valence-corrected chi connectivity index (χ1v) is 12.4. The molecule has 0 bridgehead atoms. The molecule has 32 heavy (non-hydrogen) atoms. The van der Waals surface area contributed by atoms with Crippen molar-refractivity contribution in [3.8, 4) is 5.75 Å². The van der Waals surface area contributed by atoms with Crippen LogP contribution >= 0.6 is 11.8 Å². The summed E-state index contributed by atoms with van der Waals surface area (Å²) in [5.41, 5.74) is 2.58. The molecule has 1 fully saturated rings. The zero-order chi connectivity index (χ0) is 22.0. The largest absolute Gasteiger partial charge is 0.494 e. The molecular formula is C26H32FN3OS. The number of nitrogens with one attached hydrogen (secondary N) is 2. The Labute approximate surface area is 194 Å². The number of halogens is 1. The normalized spacial score (nSPS) is 17.3. The lowest BCUT2D eigenvalue weighted by Crippen LogP contribution is -2.42. The summed E-state index contributed by atoms with van der Waals surface area (Å²) in [6.07, 6.45) is 7.41. The number of hydrogen-bond acceptors (Lipinski definition) is 5. The standard InChI is InChI=1S/C26H32FN3OS/c27-22-8-10-24(11-9-22)31-18-5-4-15-30-16-12-23(13-17-30)29-26-25(28-14-19-32-26)20-21-6-2-1-3-7-21/h1-3,6-11,14,19,23,28-29H,4-5,12-13,15-18,20H2. The number of piperidine rings is 1. The van der Waals surface area contributed by atoms with Gasteiger partial charge in [0.05, 0.1) is 11.6 Å². The maximum absolute atomic E-state index is 12.9. The Morgan fingerprint density at radius 2 is 1.81 bits per heavy atom. The molecule has 0 aromatic heterocycles. The highest BCUT2D eigenvalue weighted by molar-refractivity contribution is 8.05. The van der Waals surface area contributed by atoms with Gasteiger partial charge in [0.25, 0.3) is 0 Å². The molecule has 2 aliphatic heterocycles. The predicted octanol–water partition coefficient (Wildman–Crippen LogP) is 5.26. The fraction of sp³-hybridized carbons (Fsp3) is 0.385. The maximum Gasteiger partial charge on any atom is 0.123 e. The highest BCUT2D eigenvalue weighted by Crippen LogP contribution is 2.25. The van der Waals surface area contributed by atoms with E-state index in [9.17, 15) is 4.39 Å². The van der Waals surface area contributed by atoms with Crippen molar-refractivity contribution < 1.29 is 9.13 Å². The van der Waals surface area contributed by atoms with Crippen LogP contribution in [0.25, 0.3) is 0 Å². The second-order valence-corrected chi connectivity index (χ2v) is 9.22. The minimum absolute atomic E-state index is 0.228. The molecule has 2 aliphatic rings. The smallest absolute Gasteiger partial charge is 0.123 e. The molecule has 1 saturated heterocycles. The van der Waals surface area contributed by atoms with Gasteiger partial charge in [0.2, 0.25) is 0 Å². The van der Waals surface area contributed by atoms with E-state index in [0.717, 1.165) is 44.6 Å². The number of nitrogens with zero attached hydrogens (tertiary/aromatic N) is 1. The molecule has 2 N–H and O–H groups in total. The second-order valence-electron chi connectivity index (χ2n) is 8.30. The average molecular weight is 454 g/mol. The maximum atomic E-state index is 12.9. The van der Waals surface area contributed by atoms with Gasteiger partial charge in [-0.05, 0) is 67.5 Å². The summed E-state index contributed by atoms with van der Waals surface area (Å²) < 4.78 is 18.6. The first-order chi connectivity index (χ1) is 15.8. The van der Waals surface area contributed by atoms with Crippen LogP contribution in [0.15, 0.2) is 76.9 Å². The monoisotopic (exact) mass is 453 g/mol. The molecule has 0 aliphatic carbocycles. The molecule has 0 amide bonds. The quantitative estimate of drug-likeness (QED) is 0.480. The number of ether oxygens (including phenoxy) is 1. The van der Waals surface area contributed by atoms with Gasteiger partial charge in [-0.25, -0.2) is 4.39 Å². The fourth-order valence-electron chi connectivity index (χ4n) is 4.07. The zero-order valence-corrected chi connectivity index (χ0v) is 19.3. The summed E-state index contributed by atoms with van der Waals surface area (Å²) in [5.74, 6) is 0.512. The average Bonchev–Trinajstić information content (AvgIpc) is 2.83. The van der Waals surface area contributed by atoms with Gasteiger partial charge in [-0.3, -0.25) is 0 Å². The first-order valence-electron chi connectivity index (χ1n) is 11.5. The van der Waals surface area contributed by atoms with Crippen molar-refractivity contribution >= 4 is 11.8 Å². The third kappa shape index (κ3) is 7.04. The molecular weight excluding hydrogens is 421 g/mol. The summed E-state index contributed by atoms with van der Waals surface area (Å²) in [5, 5.41) is 10.6. The third-order valence-electron chi connectivity index (χ3n) is 5.88. The van der Waals surface area contributed by atoms with Crippen molar-refractivity contribution in [1.29, 1.82) is 0 Å². The topological polar surface area (TPSA) is 36.5 Å². The molecule has 0 radical (unpaired) electrons. The van der Waals surface area contributed by atoms with Gasteiger partial charge in [-0.2, -0.15) is 0 Å². The molecule has 2 aromatic carbocycles. The minimum atomic E-state index is -0.228. The van der Waals surface area contributed by atoms with E-state index in [-0.39, 0.29) is 5.82 Å². The summed E-state index contributed by atoms with van der Waals surface area (Å²) in [6, 6.07) is 17.4. The molecule has 170 valence electrons. The van der Waals surface area contributed by atoms with Crippen molar-refractivity contribution in [2.45, 2.75) is 38.1 Å². The Morgan fingerprint density at radius 1 is 1.03 bits per heavy atom. The van der Waals surface area contributed by atoms with Crippen LogP contribution in [-0.4, -0.2) is 37.2 Å². The Hall–Kier alpha value is -2.44. The van der Waals surface area contributed by atoms with Crippen LogP contribution in [0, 0.1) is 5.82 Å². The van der Waals surface area contributed by atoms with Crippen molar-refractivity contribution in [2.24, 2.45) is 0 Å². The lowest BCUT2D eigenvalue weighted by atomic mass is 10.0. The first kappa shape index (κ1) is 22.7. The highest BCUT2D eigenvalue weighted by atomic mass is 32.2. The van der Waals surface area contributed by atoms with E-state index in [0.29, 0.717) is 12.6 Å². The Balaban J connectivity index is 1.15. The summed E-state index contributed by atoms with van der Waals surface area (Å²) in [7, 11) is 0. The van der Waals surface area contributed by atoms with Gasteiger partial charge < -0.3 is 20.3 Å². The number of rotatable bonds is 10. The van der Waals surface area contributed by atoms with Gasteiger partial charge in [0, 0.05) is 37.4 Å². The summed E-state index contributed by atoms with van der Waals surface area (Å²) >= 11 is 1.78. The molecule has 2 aromatic rings. The van der Waals surface area contributed by atoms with Crippen LogP contribution in [0.5, 0.6) is 5.75 Å². The number of hydrogen-bond donors (Lipinski definition) is 2. The molecule has 6 heteroatoms. The van der Waals surface area contributed by atoms with Gasteiger partial charge in [0.15, 0.2) is 0 Å². The molecule has 4 rings (SSSR count). The minimum Gasteiger partial charge on any atom is -0.494 e. The van der Waals surface area contributed by atoms with E-state index in [2.05, 4.69) is 51.3 Å². The fourth-order valence-corrected chi connectivity index (χ4v) is 4.85. The van der Waals surface area contributed by atoms with E-state index in [4.69, 9.17) is 4.74 Å². The third-order valence-corrected chi connectivity index (χ3v) is 6.76. The van der Waals surface area contributed by atoms with Crippen LogP contribution in [0.3, 0.4) is 0 Å². The van der Waals surface area contributed by atoms with Crippen LogP contribution in [0.1, 0.15) is 31.2 Å². The van der Waals surface area contributed by atoms with Gasteiger partial charge >= 0.3 is 0 Å². The van der Waals surface area contributed by atoms with Gasteiger partial charge in [0.1, 0.15) is 11.6 Å². The van der Waals surface area contributed by atoms with Crippen molar-refractivity contribution in [2.75, 3.05) is 26.2 Å². The van der Waals surface area contributed by atoms with E-state index in [1.807, 2.05) is 6.20 Å². The predicted molar refractivity (Wildman–Crippen MR) is 131 cm³/mol. The summed E-state index contributed by atoms with van der Waals surface area (Å²) in [6.45, 7) is 4.05. The molecule has 0 saturated carbocycles. The Kier molecular flexibility index (Phi) is 8.51. The Morgan fingerprint density at radius 3 is 2.59 bits per heavy atom. The molecule has 0 spiro atoms.